The van der Waals surface area contributed by atoms with Crippen molar-refractivity contribution in [3.05, 3.63) is 70.6 Å². The highest BCUT2D eigenvalue weighted by Gasteiger charge is 2.30. The second kappa shape index (κ2) is 9.64. The van der Waals surface area contributed by atoms with Gasteiger partial charge >= 0.3 is 0 Å². The van der Waals surface area contributed by atoms with Crippen LogP contribution in [0.2, 0.25) is 5.02 Å². The predicted octanol–water partition coefficient (Wildman–Crippen LogP) is 4.48. The summed E-state index contributed by atoms with van der Waals surface area (Å²) in [7, 11) is -2.97. The summed E-state index contributed by atoms with van der Waals surface area (Å²) in [5, 5.41) is 11.2. The van der Waals surface area contributed by atoms with Crippen molar-refractivity contribution in [1.82, 2.24) is 10.2 Å². The van der Waals surface area contributed by atoms with Gasteiger partial charge in [-0.2, -0.15) is 0 Å². The molecule has 2 aromatic carbocycles. The van der Waals surface area contributed by atoms with Gasteiger partial charge in [0.1, 0.15) is 5.25 Å². The first-order valence-electron chi connectivity index (χ1n) is 10.1. The number of halogens is 1. The molecule has 0 unspecified atom stereocenters. The summed E-state index contributed by atoms with van der Waals surface area (Å²) >= 11 is 7.34. The zero-order valence-corrected chi connectivity index (χ0v) is 19.7. The molecule has 0 saturated carbocycles. The van der Waals surface area contributed by atoms with Gasteiger partial charge in [0.05, 0.1) is 11.5 Å². The van der Waals surface area contributed by atoms with Crippen LogP contribution in [-0.4, -0.2) is 36.0 Å². The van der Waals surface area contributed by atoms with E-state index in [4.69, 9.17) is 16.0 Å². The number of thioether (sulfide) groups is 1. The minimum absolute atomic E-state index is 0.0159. The fourth-order valence-corrected chi connectivity index (χ4v) is 6.46. The first-order chi connectivity index (χ1) is 15.3. The Balaban J connectivity index is 1.49. The van der Waals surface area contributed by atoms with E-state index < -0.39 is 15.1 Å². The summed E-state index contributed by atoms with van der Waals surface area (Å²) < 4.78 is 29.1. The van der Waals surface area contributed by atoms with Crippen molar-refractivity contribution in [1.29, 1.82) is 0 Å². The van der Waals surface area contributed by atoms with Gasteiger partial charge in [-0.1, -0.05) is 48.0 Å². The molecule has 32 heavy (non-hydrogen) atoms. The molecule has 2 atom stereocenters. The zero-order valence-electron chi connectivity index (χ0n) is 17.3. The van der Waals surface area contributed by atoms with E-state index >= 15 is 0 Å². The second-order valence-corrected chi connectivity index (χ2v) is 11.5. The van der Waals surface area contributed by atoms with E-state index in [-0.39, 0.29) is 28.6 Å². The molecule has 10 heteroatoms. The number of hydrogen-bond donors (Lipinski definition) is 1. The lowest BCUT2D eigenvalue weighted by atomic mass is 10.1. The summed E-state index contributed by atoms with van der Waals surface area (Å²) in [4.78, 5) is 13.1. The number of amides is 1. The van der Waals surface area contributed by atoms with E-state index in [0.717, 1.165) is 22.9 Å². The minimum atomic E-state index is -2.97. The van der Waals surface area contributed by atoms with Crippen LogP contribution in [0.15, 0.2) is 58.2 Å². The molecule has 168 valence electrons. The zero-order chi connectivity index (χ0) is 22.7. The highest BCUT2D eigenvalue weighted by atomic mass is 35.5. The molecule has 1 N–H and O–H groups in total. The third-order valence-electron chi connectivity index (χ3n) is 5.24. The number of aryl methyl sites for hydroxylation is 1. The van der Waals surface area contributed by atoms with Gasteiger partial charge in [-0.3, -0.25) is 4.79 Å². The standard InChI is InChI=1S/C22H22ClN3O4S2/c1-14-7-8-17(12-18(14)23)24-21(27)20(16-5-3-2-4-6-16)31-22-26-25-19(30-22)11-15-9-10-32(28,29)13-15/h2-8,12,15,20H,9-11,13H2,1H3,(H,24,27)/t15-,20+/m0/s1. The third kappa shape index (κ3) is 5.70. The molecular weight excluding hydrogens is 470 g/mol. The van der Waals surface area contributed by atoms with Crippen molar-refractivity contribution in [2.75, 3.05) is 16.8 Å². The van der Waals surface area contributed by atoms with Crippen LogP contribution < -0.4 is 5.32 Å². The van der Waals surface area contributed by atoms with Gasteiger partial charge in [-0.25, -0.2) is 8.42 Å². The first-order valence-corrected chi connectivity index (χ1v) is 13.2. The summed E-state index contributed by atoms with van der Waals surface area (Å²) in [5.74, 6) is 0.464. The summed E-state index contributed by atoms with van der Waals surface area (Å²) in [6.07, 6.45) is 1.01. The van der Waals surface area contributed by atoms with Crippen LogP contribution in [0.4, 0.5) is 5.69 Å². The van der Waals surface area contributed by atoms with Crippen molar-refractivity contribution < 1.29 is 17.6 Å². The second-order valence-electron chi connectivity index (χ2n) is 7.80. The van der Waals surface area contributed by atoms with E-state index in [0.29, 0.717) is 29.4 Å². The molecule has 2 heterocycles. The molecular formula is C22H22ClN3O4S2. The SMILES string of the molecule is Cc1ccc(NC(=O)[C@H](Sc2nnc(C[C@@H]3CCS(=O)(=O)C3)o2)c2ccccc2)cc1Cl. The van der Waals surface area contributed by atoms with Crippen LogP contribution in [0.1, 0.15) is 28.7 Å². The Morgan fingerprint density at radius 1 is 1.25 bits per heavy atom. The molecule has 1 amide bonds. The number of nitrogens with one attached hydrogen (secondary N) is 1. The highest BCUT2D eigenvalue weighted by Crippen LogP contribution is 2.36. The Labute approximate surface area is 195 Å². The van der Waals surface area contributed by atoms with Gasteiger partial charge in [0, 0.05) is 17.1 Å². The van der Waals surface area contributed by atoms with Gasteiger partial charge in [0.2, 0.25) is 11.8 Å². The average Bonchev–Trinajstić information content (AvgIpc) is 3.35. The number of hydrogen-bond acceptors (Lipinski definition) is 7. The Hall–Kier alpha value is -2.36. The van der Waals surface area contributed by atoms with Crippen LogP contribution in [0.5, 0.6) is 0 Å². The van der Waals surface area contributed by atoms with E-state index in [9.17, 15) is 13.2 Å². The Morgan fingerprint density at radius 2 is 2.03 bits per heavy atom. The van der Waals surface area contributed by atoms with Gasteiger partial charge in [-0.05, 0) is 54.3 Å². The topological polar surface area (TPSA) is 102 Å². The van der Waals surface area contributed by atoms with Gasteiger partial charge in [-0.15, -0.1) is 10.2 Å². The van der Waals surface area contributed by atoms with Crippen molar-refractivity contribution in [3.8, 4) is 0 Å². The molecule has 1 saturated heterocycles. The summed E-state index contributed by atoms with van der Waals surface area (Å²) in [6.45, 7) is 1.89. The van der Waals surface area contributed by atoms with Crippen LogP contribution in [0, 0.1) is 12.8 Å². The summed E-state index contributed by atoms with van der Waals surface area (Å²) in [6, 6.07) is 14.7. The van der Waals surface area contributed by atoms with E-state index in [1.54, 1.807) is 12.1 Å². The lowest BCUT2D eigenvalue weighted by Gasteiger charge is -2.15. The van der Waals surface area contributed by atoms with Crippen LogP contribution in [0.3, 0.4) is 0 Å². The Kier molecular flexibility index (Phi) is 6.88. The van der Waals surface area contributed by atoms with E-state index in [2.05, 4.69) is 15.5 Å². The summed E-state index contributed by atoms with van der Waals surface area (Å²) in [5.41, 5.74) is 2.31. The molecule has 0 aliphatic carbocycles. The molecule has 3 aromatic rings. The maximum Gasteiger partial charge on any atom is 0.277 e. The number of aromatic nitrogens is 2. The normalized spacial score (nSPS) is 18.4. The quantitative estimate of drug-likeness (QED) is 0.486. The Morgan fingerprint density at radius 3 is 2.72 bits per heavy atom. The van der Waals surface area contributed by atoms with Crippen molar-refractivity contribution in [2.24, 2.45) is 5.92 Å². The lowest BCUT2D eigenvalue weighted by Crippen LogP contribution is -2.19. The van der Waals surface area contributed by atoms with Crippen LogP contribution in [-0.2, 0) is 21.1 Å². The molecule has 0 bridgehead atoms. The Bertz CT molecular complexity index is 1210. The number of nitrogens with zero attached hydrogens (tertiary/aromatic N) is 2. The minimum Gasteiger partial charge on any atom is -0.416 e. The number of sulfone groups is 1. The first kappa shape index (κ1) is 22.8. The molecule has 0 spiro atoms. The van der Waals surface area contributed by atoms with Crippen LogP contribution in [0.25, 0.3) is 0 Å². The van der Waals surface area contributed by atoms with Gasteiger partial charge in [0.25, 0.3) is 5.22 Å². The molecule has 4 rings (SSSR count). The maximum absolute atomic E-state index is 13.1. The smallest absolute Gasteiger partial charge is 0.277 e. The molecule has 7 nitrogen and oxygen atoms in total. The molecule has 1 aliphatic heterocycles. The number of rotatable bonds is 7. The average molecular weight is 492 g/mol. The number of benzene rings is 2. The molecule has 1 aliphatic rings. The van der Waals surface area contributed by atoms with Crippen molar-refractivity contribution in [3.63, 3.8) is 0 Å². The highest BCUT2D eigenvalue weighted by molar-refractivity contribution is 8.00. The van der Waals surface area contributed by atoms with Crippen molar-refractivity contribution in [2.45, 2.75) is 30.2 Å². The maximum atomic E-state index is 13.1. The fourth-order valence-electron chi connectivity index (χ4n) is 3.53. The number of carbonyl (C=O) groups excluding carboxylic acids is 1. The third-order valence-corrected chi connectivity index (χ3v) is 8.57. The van der Waals surface area contributed by atoms with E-state index in [1.807, 2.05) is 43.3 Å². The molecule has 1 fully saturated rings. The van der Waals surface area contributed by atoms with Crippen molar-refractivity contribution >= 4 is 44.8 Å². The van der Waals surface area contributed by atoms with E-state index in [1.165, 1.54) is 0 Å². The monoisotopic (exact) mass is 491 g/mol. The molecule has 0 radical (unpaired) electrons. The van der Waals surface area contributed by atoms with Crippen LogP contribution >= 0.6 is 23.4 Å². The predicted molar refractivity (Wildman–Crippen MR) is 125 cm³/mol. The molecule has 1 aromatic heterocycles. The number of carbonyl (C=O) groups is 1. The number of anilines is 1. The van der Waals surface area contributed by atoms with Gasteiger partial charge in [0.15, 0.2) is 9.84 Å². The largest absolute Gasteiger partial charge is 0.416 e. The lowest BCUT2D eigenvalue weighted by molar-refractivity contribution is -0.115. The fraction of sp³-hybridized carbons (Fsp3) is 0.318. The van der Waals surface area contributed by atoms with Gasteiger partial charge < -0.3 is 9.73 Å².